The third-order valence-corrected chi connectivity index (χ3v) is 16.5. The van der Waals surface area contributed by atoms with Crippen LogP contribution in [0.15, 0.2) is 240 Å². The van der Waals surface area contributed by atoms with Crippen LogP contribution in [-0.4, -0.2) is 6.71 Å². The van der Waals surface area contributed by atoms with Gasteiger partial charge in [0, 0.05) is 32.3 Å². The molecule has 350 valence electrons. The molecule has 11 aromatic carbocycles. The highest BCUT2D eigenvalue weighted by atomic mass is 32.2. The second kappa shape index (κ2) is 17.4. The molecule has 0 amide bonds. The molecule has 0 N–H and O–H groups in total. The predicted molar refractivity (Wildman–Crippen MR) is 316 cm³/mol. The third-order valence-electron chi connectivity index (χ3n) is 15.4. The summed E-state index contributed by atoms with van der Waals surface area (Å²) in [6, 6.07) is 86.9. The minimum Gasteiger partial charge on any atom is -0.310 e. The summed E-state index contributed by atoms with van der Waals surface area (Å²) in [6.07, 6.45) is 0. The molecule has 0 bridgehead atoms. The summed E-state index contributed by atoms with van der Waals surface area (Å²) in [5.74, 6) is 0. The molecule has 0 atom stereocenters. The van der Waals surface area contributed by atoms with Crippen molar-refractivity contribution < 1.29 is 0 Å². The molecule has 1 nitrogen and oxygen atoms in total. The van der Waals surface area contributed by atoms with Crippen molar-refractivity contribution in [3.8, 4) is 55.6 Å². The highest BCUT2D eigenvalue weighted by Crippen LogP contribution is 2.53. The number of hydrogen-bond acceptors (Lipinski definition) is 2. The third kappa shape index (κ3) is 7.64. The van der Waals surface area contributed by atoms with Crippen LogP contribution in [0.5, 0.6) is 0 Å². The summed E-state index contributed by atoms with van der Waals surface area (Å²) < 4.78 is 0. The summed E-state index contributed by atoms with van der Waals surface area (Å²) in [4.78, 5) is 5.34. The Morgan fingerprint density at radius 3 is 1.30 bits per heavy atom. The van der Waals surface area contributed by atoms with Crippen LogP contribution < -0.4 is 21.3 Å². The van der Waals surface area contributed by atoms with Gasteiger partial charge in [-0.1, -0.05) is 253 Å². The SMILES string of the molecule is CC(C)(C)c1cc(-c2ccccc2)c(N2c3cc(-c4c5ccccc5c(-c5ccccc5)c5ccccc45)ccc3B3c4ccc(-c5ccccc5)cc4Sc4cc(C(C)(C)C)cc2c43)c(-c2ccccc2)c1. The van der Waals surface area contributed by atoms with Gasteiger partial charge in [-0.2, -0.15) is 0 Å². The van der Waals surface area contributed by atoms with Crippen molar-refractivity contribution in [1.82, 2.24) is 0 Å². The minimum atomic E-state index is -0.125. The number of anilines is 3. The van der Waals surface area contributed by atoms with Gasteiger partial charge in [0.15, 0.2) is 0 Å². The van der Waals surface area contributed by atoms with Gasteiger partial charge in [0.25, 0.3) is 0 Å². The molecule has 0 aromatic heterocycles. The van der Waals surface area contributed by atoms with Gasteiger partial charge in [-0.15, -0.1) is 0 Å². The minimum absolute atomic E-state index is 0.00327. The molecular formula is C70H56BNS. The summed E-state index contributed by atoms with van der Waals surface area (Å²) in [5.41, 5.74) is 22.3. The van der Waals surface area contributed by atoms with Gasteiger partial charge in [0.1, 0.15) is 0 Å². The molecule has 0 unspecified atom stereocenters. The Bertz CT molecular complexity index is 3820. The van der Waals surface area contributed by atoms with Crippen LogP contribution in [-0.2, 0) is 10.8 Å². The van der Waals surface area contributed by atoms with Crippen molar-refractivity contribution in [3.63, 3.8) is 0 Å². The molecule has 0 saturated carbocycles. The first-order chi connectivity index (χ1) is 35.5. The number of nitrogens with zero attached hydrogens (tertiary/aromatic N) is 1. The van der Waals surface area contributed by atoms with E-state index in [2.05, 4.69) is 277 Å². The average Bonchev–Trinajstić information content (AvgIpc) is 3.42. The molecule has 0 saturated heterocycles. The standard InChI is InChI=1S/C70H56BNS/c1-69(2,3)51-41-57(46-25-13-8-14-26-46)68(58(42-51)47-27-15-9-16-28-47)72-61-39-50(66-55-33-21-19-31-53(55)65(48-29-17-10-18-30-48)54-32-20-22-34-56(54)66)36-37-59(61)71-60-38-35-49(45-23-11-7-12-24-45)40-63(60)73-64-44-52(70(4,5)6)43-62(72)67(64)71/h7-44H,1-6H3. The Balaban J connectivity index is 1.18. The van der Waals surface area contributed by atoms with Gasteiger partial charge in [0.2, 0.25) is 6.71 Å². The molecule has 0 spiro atoms. The zero-order valence-electron chi connectivity index (χ0n) is 42.4. The Morgan fingerprint density at radius 1 is 0.342 bits per heavy atom. The quantitative estimate of drug-likeness (QED) is 0.121. The van der Waals surface area contributed by atoms with Gasteiger partial charge < -0.3 is 4.90 Å². The van der Waals surface area contributed by atoms with Gasteiger partial charge in [-0.3, -0.25) is 0 Å². The van der Waals surface area contributed by atoms with Crippen molar-refractivity contribution in [2.45, 2.75) is 62.2 Å². The summed E-state index contributed by atoms with van der Waals surface area (Å²) >= 11 is 1.94. The van der Waals surface area contributed by atoms with E-state index in [1.807, 2.05) is 11.8 Å². The van der Waals surface area contributed by atoms with Crippen LogP contribution in [0.1, 0.15) is 52.7 Å². The lowest BCUT2D eigenvalue weighted by atomic mass is 9.34. The van der Waals surface area contributed by atoms with Crippen LogP contribution in [0, 0.1) is 0 Å². The highest BCUT2D eigenvalue weighted by molar-refractivity contribution is 8.00. The molecule has 0 radical (unpaired) electrons. The Kier molecular flexibility index (Phi) is 10.8. The van der Waals surface area contributed by atoms with Crippen molar-refractivity contribution in [2.75, 3.05) is 4.90 Å². The summed E-state index contributed by atoms with van der Waals surface area (Å²) in [7, 11) is 0. The maximum atomic E-state index is 2.70. The first kappa shape index (κ1) is 45.0. The van der Waals surface area contributed by atoms with Gasteiger partial charge in [-0.05, 0) is 135 Å². The Hall–Kier alpha value is -7.85. The Morgan fingerprint density at radius 2 is 0.781 bits per heavy atom. The highest BCUT2D eigenvalue weighted by Gasteiger charge is 2.43. The van der Waals surface area contributed by atoms with Crippen LogP contribution in [0.4, 0.5) is 17.1 Å². The number of hydrogen-bond donors (Lipinski definition) is 0. The fraction of sp³-hybridized carbons (Fsp3) is 0.114. The molecule has 13 rings (SSSR count). The lowest BCUT2D eigenvalue weighted by molar-refractivity contribution is 0.589. The lowest BCUT2D eigenvalue weighted by Crippen LogP contribution is -2.60. The largest absolute Gasteiger partial charge is 0.310 e. The normalized spacial score (nSPS) is 13.0. The second-order valence-electron chi connectivity index (χ2n) is 22.0. The maximum absolute atomic E-state index is 2.70. The van der Waals surface area contributed by atoms with Crippen LogP contribution in [0.25, 0.3) is 77.2 Å². The van der Waals surface area contributed by atoms with Crippen molar-refractivity contribution in [3.05, 3.63) is 242 Å². The molecule has 2 heterocycles. The van der Waals surface area contributed by atoms with E-state index in [1.165, 1.54) is 132 Å². The zero-order chi connectivity index (χ0) is 49.6. The van der Waals surface area contributed by atoms with Crippen LogP contribution in [0.2, 0.25) is 0 Å². The first-order valence-electron chi connectivity index (χ1n) is 25.8. The van der Waals surface area contributed by atoms with E-state index in [4.69, 9.17) is 0 Å². The Labute approximate surface area is 435 Å². The smallest absolute Gasteiger partial charge is 0.249 e. The van der Waals surface area contributed by atoms with E-state index in [9.17, 15) is 0 Å². The van der Waals surface area contributed by atoms with E-state index < -0.39 is 0 Å². The predicted octanol–water partition coefficient (Wildman–Crippen LogP) is 17.7. The second-order valence-corrected chi connectivity index (χ2v) is 23.1. The topological polar surface area (TPSA) is 3.24 Å². The zero-order valence-corrected chi connectivity index (χ0v) is 43.2. The monoisotopic (exact) mass is 953 g/mol. The molecule has 2 aliphatic heterocycles. The fourth-order valence-corrected chi connectivity index (χ4v) is 13.0. The van der Waals surface area contributed by atoms with E-state index in [1.54, 1.807) is 0 Å². The summed E-state index contributed by atoms with van der Waals surface area (Å²) in [5, 5.41) is 5.00. The molecule has 0 fully saturated rings. The van der Waals surface area contributed by atoms with Crippen molar-refractivity contribution in [2.24, 2.45) is 0 Å². The molecular weight excluding hydrogens is 898 g/mol. The van der Waals surface area contributed by atoms with Gasteiger partial charge in [0.05, 0.1) is 5.69 Å². The van der Waals surface area contributed by atoms with Gasteiger partial charge >= 0.3 is 0 Å². The molecule has 0 aliphatic carbocycles. The fourth-order valence-electron chi connectivity index (χ4n) is 11.7. The maximum Gasteiger partial charge on any atom is 0.249 e. The van der Waals surface area contributed by atoms with Crippen molar-refractivity contribution >= 4 is 73.5 Å². The molecule has 11 aromatic rings. The summed E-state index contributed by atoms with van der Waals surface area (Å²) in [6.45, 7) is 14.1. The molecule has 2 aliphatic rings. The number of benzene rings is 11. The van der Waals surface area contributed by atoms with Gasteiger partial charge in [-0.25, -0.2) is 0 Å². The number of rotatable bonds is 6. The van der Waals surface area contributed by atoms with Crippen LogP contribution in [0.3, 0.4) is 0 Å². The van der Waals surface area contributed by atoms with E-state index >= 15 is 0 Å². The van der Waals surface area contributed by atoms with Crippen molar-refractivity contribution in [1.29, 1.82) is 0 Å². The number of fused-ring (bicyclic) bond motifs is 6. The lowest BCUT2D eigenvalue weighted by Gasteiger charge is -2.43. The van der Waals surface area contributed by atoms with Crippen LogP contribution >= 0.6 is 11.8 Å². The first-order valence-corrected chi connectivity index (χ1v) is 26.6. The van der Waals surface area contributed by atoms with E-state index in [-0.39, 0.29) is 17.5 Å². The van der Waals surface area contributed by atoms with E-state index in [0.717, 1.165) is 0 Å². The average molecular weight is 954 g/mol. The molecule has 73 heavy (non-hydrogen) atoms. The molecule has 3 heteroatoms. The van der Waals surface area contributed by atoms with E-state index in [0.29, 0.717) is 0 Å².